The SMILES string of the molecule is CCn1nc(COc2ccccc2)c2ccccc21. The lowest BCUT2D eigenvalue weighted by molar-refractivity contribution is 0.301. The molecule has 0 bridgehead atoms. The predicted octanol–water partition coefficient (Wildman–Crippen LogP) is 3.64. The Labute approximate surface area is 112 Å². The maximum Gasteiger partial charge on any atom is 0.133 e. The molecule has 0 saturated heterocycles. The molecule has 0 unspecified atom stereocenters. The lowest BCUT2D eigenvalue weighted by Gasteiger charge is -2.03. The molecule has 2 aromatic carbocycles. The van der Waals surface area contributed by atoms with Gasteiger partial charge in [0.05, 0.1) is 5.52 Å². The fraction of sp³-hybridized carbons (Fsp3) is 0.188. The largest absolute Gasteiger partial charge is 0.487 e. The van der Waals surface area contributed by atoms with Crippen LogP contribution >= 0.6 is 0 Å². The third kappa shape index (κ3) is 2.32. The zero-order valence-corrected chi connectivity index (χ0v) is 10.9. The second-order valence-electron chi connectivity index (χ2n) is 4.38. The van der Waals surface area contributed by atoms with E-state index in [1.165, 1.54) is 5.39 Å². The van der Waals surface area contributed by atoms with Gasteiger partial charge in [-0.25, -0.2) is 0 Å². The van der Waals surface area contributed by atoms with Crippen molar-refractivity contribution in [2.75, 3.05) is 0 Å². The average molecular weight is 252 g/mol. The van der Waals surface area contributed by atoms with E-state index in [0.29, 0.717) is 6.61 Å². The molecule has 3 aromatic rings. The van der Waals surface area contributed by atoms with Crippen molar-refractivity contribution in [2.24, 2.45) is 0 Å². The summed E-state index contributed by atoms with van der Waals surface area (Å²) >= 11 is 0. The van der Waals surface area contributed by atoms with Crippen LogP contribution in [-0.2, 0) is 13.2 Å². The van der Waals surface area contributed by atoms with Crippen molar-refractivity contribution >= 4 is 10.9 Å². The minimum Gasteiger partial charge on any atom is -0.487 e. The first-order valence-electron chi connectivity index (χ1n) is 6.50. The molecular weight excluding hydrogens is 236 g/mol. The van der Waals surface area contributed by atoms with Crippen LogP contribution in [0.1, 0.15) is 12.6 Å². The molecule has 3 nitrogen and oxygen atoms in total. The van der Waals surface area contributed by atoms with Gasteiger partial charge in [0.2, 0.25) is 0 Å². The number of nitrogens with zero attached hydrogens (tertiary/aromatic N) is 2. The minimum absolute atomic E-state index is 0.498. The highest BCUT2D eigenvalue weighted by molar-refractivity contribution is 5.81. The highest BCUT2D eigenvalue weighted by atomic mass is 16.5. The maximum absolute atomic E-state index is 5.78. The Morgan fingerprint density at radius 1 is 1.00 bits per heavy atom. The Morgan fingerprint density at radius 2 is 1.74 bits per heavy atom. The number of rotatable bonds is 4. The summed E-state index contributed by atoms with van der Waals surface area (Å²) in [6, 6.07) is 18.1. The molecule has 19 heavy (non-hydrogen) atoms. The van der Waals surface area contributed by atoms with Gasteiger partial charge in [0.1, 0.15) is 18.1 Å². The van der Waals surface area contributed by atoms with Gasteiger partial charge in [-0.05, 0) is 25.1 Å². The standard InChI is InChI=1S/C16H16N2O/c1-2-18-16-11-7-6-10-14(16)15(17-18)12-19-13-8-4-3-5-9-13/h3-11H,2,12H2,1H3. The van der Waals surface area contributed by atoms with Crippen LogP contribution < -0.4 is 4.74 Å². The van der Waals surface area contributed by atoms with E-state index < -0.39 is 0 Å². The van der Waals surface area contributed by atoms with Gasteiger partial charge < -0.3 is 4.74 Å². The quantitative estimate of drug-likeness (QED) is 0.709. The molecule has 0 saturated carbocycles. The van der Waals surface area contributed by atoms with Crippen molar-refractivity contribution in [3.05, 3.63) is 60.3 Å². The monoisotopic (exact) mass is 252 g/mol. The van der Waals surface area contributed by atoms with Crippen molar-refractivity contribution in [1.29, 1.82) is 0 Å². The molecule has 0 fully saturated rings. The number of aryl methyl sites for hydroxylation is 1. The van der Waals surface area contributed by atoms with E-state index in [4.69, 9.17) is 4.74 Å². The topological polar surface area (TPSA) is 27.1 Å². The van der Waals surface area contributed by atoms with E-state index >= 15 is 0 Å². The molecule has 0 amide bonds. The molecule has 1 heterocycles. The zero-order chi connectivity index (χ0) is 13.1. The van der Waals surface area contributed by atoms with Gasteiger partial charge in [-0.15, -0.1) is 0 Å². The molecule has 1 aromatic heterocycles. The summed E-state index contributed by atoms with van der Waals surface area (Å²) in [6.45, 7) is 3.46. The zero-order valence-electron chi connectivity index (χ0n) is 10.9. The van der Waals surface area contributed by atoms with E-state index in [1.807, 2.05) is 47.1 Å². The molecule has 0 atom stereocenters. The fourth-order valence-corrected chi connectivity index (χ4v) is 2.21. The number of ether oxygens (including phenoxy) is 1. The average Bonchev–Trinajstić information content (AvgIpc) is 2.84. The Morgan fingerprint density at radius 3 is 2.53 bits per heavy atom. The molecule has 0 aliphatic heterocycles. The van der Waals surface area contributed by atoms with Crippen molar-refractivity contribution in [3.63, 3.8) is 0 Å². The van der Waals surface area contributed by atoms with Gasteiger partial charge in [0.25, 0.3) is 0 Å². The normalized spacial score (nSPS) is 10.8. The van der Waals surface area contributed by atoms with Crippen LogP contribution in [0.4, 0.5) is 0 Å². The molecule has 3 rings (SSSR count). The van der Waals surface area contributed by atoms with Gasteiger partial charge >= 0.3 is 0 Å². The van der Waals surface area contributed by atoms with Crippen LogP contribution in [0.2, 0.25) is 0 Å². The first kappa shape index (κ1) is 11.8. The summed E-state index contributed by atoms with van der Waals surface area (Å²) in [5.41, 5.74) is 2.15. The molecule has 0 radical (unpaired) electrons. The summed E-state index contributed by atoms with van der Waals surface area (Å²) < 4.78 is 7.80. The first-order valence-corrected chi connectivity index (χ1v) is 6.50. The summed E-state index contributed by atoms with van der Waals surface area (Å²) in [5, 5.41) is 5.78. The summed E-state index contributed by atoms with van der Waals surface area (Å²) in [4.78, 5) is 0. The van der Waals surface area contributed by atoms with E-state index in [0.717, 1.165) is 23.5 Å². The molecule has 0 spiro atoms. The van der Waals surface area contributed by atoms with Gasteiger partial charge in [0, 0.05) is 11.9 Å². The van der Waals surface area contributed by atoms with Gasteiger partial charge in [-0.1, -0.05) is 36.4 Å². The van der Waals surface area contributed by atoms with Crippen molar-refractivity contribution in [1.82, 2.24) is 9.78 Å². The van der Waals surface area contributed by atoms with Crippen molar-refractivity contribution in [3.8, 4) is 5.75 Å². The van der Waals surface area contributed by atoms with E-state index in [1.54, 1.807) is 0 Å². The Kier molecular flexibility index (Phi) is 3.19. The van der Waals surface area contributed by atoms with Gasteiger partial charge in [-0.3, -0.25) is 4.68 Å². The van der Waals surface area contributed by atoms with Crippen LogP contribution in [0, 0.1) is 0 Å². The third-order valence-corrected chi connectivity index (χ3v) is 3.15. The second-order valence-corrected chi connectivity index (χ2v) is 4.38. The van der Waals surface area contributed by atoms with E-state index in [9.17, 15) is 0 Å². The van der Waals surface area contributed by atoms with Crippen LogP contribution in [0.3, 0.4) is 0 Å². The summed E-state index contributed by atoms with van der Waals surface area (Å²) in [5.74, 6) is 0.873. The van der Waals surface area contributed by atoms with Gasteiger partial charge in [0.15, 0.2) is 0 Å². The highest BCUT2D eigenvalue weighted by Crippen LogP contribution is 2.20. The number of fused-ring (bicyclic) bond motifs is 1. The van der Waals surface area contributed by atoms with Crippen LogP contribution in [0.25, 0.3) is 10.9 Å². The predicted molar refractivity (Wildman–Crippen MR) is 76.2 cm³/mol. The van der Waals surface area contributed by atoms with E-state index in [-0.39, 0.29) is 0 Å². The first-order chi connectivity index (χ1) is 9.38. The van der Waals surface area contributed by atoms with Crippen LogP contribution in [0.15, 0.2) is 54.6 Å². The smallest absolute Gasteiger partial charge is 0.133 e. The minimum atomic E-state index is 0.498. The highest BCUT2D eigenvalue weighted by Gasteiger charge is 2.09. The number of hydrogen-bond donors (Lipinski definition) is 0. The summed E-state index contributed by atoms with van der Waals surface area (Å²) in [7, 11) is 0. The molecule has 0 N–H and O–H groups in total. The molecule has 0 aliphatic rings. The number of benzene rings is 2. The van der Waals surface area contributed by atoms with E-state index in [2.05, 4.69) is 24.2 Å². The third-order valence-electron chi connectivity index (χ3n) is 3.15. The van der Waals surface area contributed by atoms with Crippen LogP contribution in [-0.4, -0.2) is 9.78 Å². The number of aromatic nitrogens is 2. The summed E-state index contributed by atoms with van der Waals surface area (Å²) in [6.07, 6.45) is 0. The lowest BCUT2D eigenvalue weighted by Crippen LogP contribution is -2.00. The fourth-order valence-electron chi connectivity index (χ4n) is 2.21. The Hall–Kier alpha value is -2.29. The molecule has 0 aliphatic carbocycles. The maximum atomic E-state index is 5.78. The Bertz CT molecular complexity index is 674. The Balaban J connectivity index is 1.89. The second kappa shape index (κ2) is 5.14. The van der Waals surface area contributed by atoms with Crippen molar-refractivity contribution in [2.45, 2.75) is 20.1 Å². The molecule has 96 valence electrons. The van der Waals surface area contributed by atoms with Crippen molar-refractivity contribution < 1.29 is 4.74 Å². The van der Waals surface area contributed by atoms with Crippen LogP contribution in [0.5, 0.6) is 5.75 Å². The van der Waals surface area contributed by atoms with Gasteiger partial charge in [-0.2, -0.15) is 5.10 Å². The molecule has 3 heteroatoms. The number of hydrogen-bond acceptors (Lipinski definition) is 2. The number of para-hydroxylation sites is 2. The molecular formula is C16H16N2O. The lowest BCUT2D eigenvalue weighted by atomic mass is 10.2.